The minimum atomic E-state index is -1.00. The third kappa shape index (κ3) is 40.5. The molecule has 0 bridgehead atoms. The Bertz CT molecular complexity index is 535. The maximum Gasteiger partial charge on any atom is 0.329 e. The van der Waals surface area contributed by atoms with Crippen molar-refractivity contribution in [2.24, 2.45) is 0 Å². The first-order valence-corrected chi connectivity index (χ1v) is 14.5. The number of carboxylic acid groups (broad SMARTS) is 2. The van der Waals surface area contributed by atoms with Crippen molar-refractivity contribution in [3.63, 3.8) is 0 Å². The van der Waals surface area contributed by atoms with Crippen LogP contribution in [-0.4, -0.2) is 181 Å². The van der Waals surface area contributed by atoms with E-state index in [1.54, 1.807) is 0 Å². The van der Waals surface area contributed by atoms with Gasteiger partial charge in [0, 0.05) is 0 Å². The zero-order valence-electron chi connectivity index (χ0n) is 25.3. The lowest BCUT2D eigenvalue weighted by Gasteiger charge is -2.09. The van der Waals surface area contributed by atoms with Crippen molar-refractivity contribution >= 4 is 11.9 Å². The summed E-state index contributed by atoms with van der Waals surface area (Å²) in [5.41, 5.74) is 0. The van der Waals surface area contributed by atoms with Gasteiger partial charge in [0.1, 0.15) is 6.61 Å². The summed E-state index contributed by atoms with van der Waals surface area (Å²) in [5.74, 6) is -1.88. The van der Waals surface area contributed by atoms with Gasteiger partial charge in [-0.15, -0.1) is 0 Å². The molecule has 43 heavy (non-hydrogen) atoms. The van der Waals surface area contributed by atoms with Crippen LogP contribution < -0.4 is 0 Å². The summed E-state index contributed by atoms with van der Waals surface area (Å²) in [6, 6.07) is 0. The molecule has 0 atom stereocenters. The minimum Gasteiger partial charge on any atom is -0.481 e. The van der Waals surface area contributed by atoms with E-state index in [9.17, 15) is 9.59 Å². The summed E-state index contributed by atoms with van der Waals surface area (Å²) in [6.45, 7) is 9.50. The summed E-state index contributed by atoms with van der Waals surface area (Å²) in [7, 11) is 0. The lowest BCUT2D eigenvalue weighted by atomic mass is 10.5. The van der Waals surface area contributed by atoms with Gasteiger partial charge < -0.3 is 67.1 Å². The molecule has 0 unspecified atom stereocenters. The van der Waals surface area contributed by atoms with Crippen molar-refractivity contribution < 1.29 is 76.6 Å². The van der Waals surface area contributed by atoms with E-state index >= 15 is 0 Å². The Balaban J connectivity index is 3.04. The van der Waals surface area contributed by atoms with Crippen molar-refractivity contribution in [2.45, 2.75) is 6.42 Å². The highest BCUT2D eigenvalue weighted by Crippen LogP contribution is 1.88. The molecule has 0 rings (SSSR count). The Kier molecular flexibility index (Phi) is 35.3. The lowest BCUT2D eigenvalue weighted by Crippen LogP contribution is -2.15. The largest absolute Gasteiger partial charge is 0.481 e. The van der Waals surface area contributed by atoms with Crippen molar-refractivity contribution in [3.05, 3.63) is 0 Å². The van der Waals surface area contributed by atoms with Crippen molar-refractivity contribution in [2.75, 3.05) is 159 Å². The zero-order chi connectivity index (χ0) is 31.3. The third-order valence-corrected chi connectivity index (χ3v) is 4.78. The predicted octanol–water partition coefficient (Wildman–Crippen LogP) is -0.255. The Labute approximate surface area is 254 Å². The van der Waals surface area contributed by atoms with E-state index < -0.39 is 11.9 Å². The molecule has 2 N–H and O–H groups in total. The Morgan fingerprint density at radius 3 is 0.651 bits per heavy atom. The number of hydrogen-bond acceptors (Lipinski definition) is 14. The number of carboxylic acids is 2. The minimum absolute atomic E-state index is 0.00724. The van der Waals surface area contributed by atoms with E-state index in [0.717, 1.165) is 0 Å². The smallest absolute Gasteiger partial charge is 0.329 e. The third-order valence-electron chi connectivity index (χ3n) is 4.78. The molecule has 0 aromatic rings. The number of hydrogen-bond donors (Lipinski definition) is 2. The van der Waals surface area contributed by atoms with Gasteiger partial charge in [0.15, 0.2) is 0 Å². The fourth-order valence-corrected chi connectivity index (χ4v) is 2.74. The normalized spacial score (nSPS) is 11.3. The van der Waals surface area contributed by atoms with Crippen molar-refractivity contribution in [1.29, 1.82) is 0 Å². The molecule has 0 saturated carbocycles. The van der Waals surface area contributed by atoms with E-state index in [1.165, 1.54) is 0 Å². The summed E-state index contributed by atoms with van der Waals surface area (Å²) >= 11 is 0. The molecule has 256 valence electrons. The zero-order valence-corrected chi connectivity index (χ0v) is 25.3. The molecule has 0 saturated heterocycles. The summed E-state index contributed by atoms with van der Waals surface area (Å²) in [6.07, 6.45) is -0.00724. The molecule has 0 amide bonds. The molecule has 16 heteroatoms. The molecule has 0 aliphatic carbocycles. The van der Waals surface area contributed by atoms with Crippen molar-refractivity contribution in [1.82, 2.24) is 0 Å². The number of ether oxygens (including phenoxy) is 12. The first-order chi connectivity index (χ1) is 21.1. The molecule has 0 aromatic carbocycles. The fraction of sp³-hybridized carbons (Fsp3) is 0.926. The van der Waals surface area contributed by atoms with Crippen LogP contribution in [0, 0.1) is 0 Å². The highest BCUT2D eigenvalue weighted by atomic mass is 16.6. The van der Waals surface area contributed by atoms with Gasteiger partial charge in [-0.3, -0.25) is 4.79 Å². The summed E-state index contributed by atoms with van der Waals surface area (Å²) < 4.78 is 63.8. The van der Waals surface area contributed by atoms with Crippen LogP contribution in [0.5, 0.6) is 0 Å². The highest BCUT2D eigenvalue weighted by molar-refractivity contribution is 5.68. The summed E-state index contributed by atoms with van der Waals surface area (Å²) in [4.78, 5) is 20.6. The molecule has 0 aliphatic rings. The molecular weight excluding hydrogens is 580 g/mol. The number of rotatable bonds is 38. The van der Waals surface area contributed by atoms with Gasteiger partial charge in [-0.25, -0.2) is 4.79 Å². The second-order valence-electron chi connectivity index (χ2n) is 8.33. The molecule has 0 radical (unpaired) electrons. The summed E-state index contributed by atoms with van der Waals surface area (Å²) in [5, 5.41) is 16.9. The van der Waals surface area contributed by atoms with Gasteiger partial charge in [-0.2, -0.15) is 0 Å². The average molecular weight is 633 g/mol. The second-order valence-corrected chi connectivity index (χ2v) is 8.33. The van der Waals surface area contributed by atoms with Crippen LogP contribution in [-0.2, 0) is 66.4 Å². The molecule has 0 spiro atoms. The monoisotopic (exact) mass is 632 g/mol. The van der Waals surface area contributed by atoms with Crippen LogP contribution in [0.1, 0.15) is 6.42 Å². The first-order valence-electron chi connectivity index (χ1n) is 14.5. The molecule has 0 aromatic heterocycles. The molecule has 0 fully saturated rings. The van der Waals surface area contributed by atoms with Gasteiger partial charge in [-0.1, -0.05) is 0 Å². The fourth-order valence-electron chi connectivity index (χ4n) is 2.74. The van der Waals surface area contributed by atoms with Gasteiger partial charge in [0.25, 0.3) is 0 Å². The van der Waals surface area contributed by atoms with Crippen LogP contribution in [0.2, 0.25) is 0 Å². The van der Waals surface area contributed by atoms with E-state index in [1.807, 2.05) is 0 Å². The van der Waals surface area contributed by atoms with E-state index in [0.29, 0.717) is 139 Å². The van der Waals surface area contributed by atoms with E-state index in [-0.39, 0.29) is 26.2 Å². The Morgan fingerprint density at radius 1 is 0.279 bits per heavy atom. The van der Waals surface area contributed by atoms with E-state index in [2.05, 4.69) is 0 Å². The van der Waals surface area contributed by atoms with Crippen LogP contribution >= 0.6 is 0 Å². The Hall–Kier alpha value is -1.54. The SMILES string of the molecule is O=C(O)CCOCCOCCOCCOCCOCCOCCOCCOCCOCCOCCOCCOCC(=O)O. The van der Waals surface area contributed by atoms with Crippen LogP contribution in [0.3, 0.4) is 0 Å². The van der Waals surface area contributed by atoms with Crippen LogP contribution in [0.15, 0.2) is 0 Å². The quantitative estimate of drug-likeness (QED) is 0.0848. The maximum atomic E-state index is 10.3. The molecule has 0 heterocycles. The van der Waals surface area contributed by atoms with Gasteiger partial charge in [-0.05, 0) is 0 Å². The lowest BCUT2D eigenvalue weighted by molar-refractivity contribution is -0.143. The van der Waals surface area contributed by atoms with Gasteiger partial charge in [0.2, 0.25) is 0 Å². The standard InChI is InChI=1S/C27H52O16/c28-26(29)1-2-32-3-4-33-5-6-34-7-8-35-9-10-36-11-12-37-13-14-38-15-16-39-17-18-40-19-20-41-21-22-42-23-24-43-25-27(30)31/h1-25H2,(H,28,29)(H,30,31). The van der Waals surface area contributed by atoms with Crippen molar-refractivity contribution in [3.8, 4) is 0 Å². The van der Waals surface area contributed by atoms with Gasteiger partial charge in [0.05, 0.1) is 158 Å². The van der Waals surface area contributed by atoms with Gasteiger partial charge >= 0.3 is 11.9 Å². The topological polar surface area (TPSA) is 185 Å². The number of aliphatic carboxylic acids is 2. The second kappa shape index (κ2) is 36.7. The Morgan fingerprint density at radius 2 is 0.465 bits per heavy atom. The molecular formula is C27H52O16. The van der Waals surface area contributed by atoms with Crippen LogP contribution in [0.25, 0.3) is 0 Å². The average Bonchev–Trinajstić information content (AvgIpc) is 2.98. The first kappa shape index (κ1) is 41.5. The molecule has 16 nitrogen and oxygen atoms in total. The maximum absolute atomic E-state index is 10.3. The number of carbonyl (C=O) groups is 2. The predicted molar refractivity (Wildman–Crippen MR) is 150 cm³/mol. The highest BCUT2D eigenvalue weighted by Gasteiger charge is 1.98. The van der Waals surface area contributed by atoms with E-state index in [4.69, 9.17) is 67.1 Å². The van der Waals surface area contributed by atoms with Crippen LogP contribution in [0.4, 0.5) is 0 Å². The molecule has 0 aliphatic heterocycles.